The first-order chi connectivity index (χ1) is 15.4. The number of fused-ring (bicyclic) bond motifs is 1. The van der Waals surface area contributed by atoms with Gasteiger partial charge in [-0.2, -0.15) is 5.10 Å². The maximum Gasteiger partial charge on any atom is 0.268 e. The molecule has 0 atom stereocenters. The van der Waals surface area contributed by atoms with Gasteiger partial charge in [0.25, 0.3) is 5.56 Å². The van der Waals surface area contributed by atoms with Crippen LogP contribution in [0.15, 0.2) is 40.5 Å². The van der Waals surface area contributed by atoms with Crippen molar-refractivity contribution >= 4 is 33.8 Å². The number of aryl methyl sites for hydroxylation is 2. The number of carbonyl (C=O) groups excluding carboxylic acids is 1. The van der Waals surface area contributed by atoms with Crippen molar-refractivity contribution in [2.45, 2.75) is 40.0 Å². The molecule has 0 unspecified atom stereocenters. The van der Waals surface area contributed by atoms with Gasteiger partial charge in [-0.15, -0.1) is 11.3 Å². The standard InChI is InChI=1S/C23H24ClN5O2S/c1-4-5-9-25-20(30)12-18-13-32-23-26-15(3)21(22(31)28(18)23)19-10-14(2)29(27-19)17-8-6-7-16(24)11-17/h6-8,10-11,13H,4-5,9,12H2,1-3H3,(H,25,30). The Morgan fingerprint density at radius 3 is 2.81 bits per heavy atom. The van der Waals surface area contributed by atoms with Crippen LogP contribution in [-0.2, 0) is 11.2 Å². The summed E-state index contributed by atoms with van der Waals surface area (Å²) in [6.45, 7) is 6.44. The van der Waals surface area contributed by atoms with E-state index in [9.17, 15) is 9.59 Å². The van der Waals surface area contributed by atoms with Gasteiger partial charge in [0.1, 0.15) is 5.69 Å². The molecule has 0 aliphatic rings. The molecule has 1 amide bonds. The van der Waals surface area contributed by atoms with E-state index in [1.54, 1.807) is 17.7 Å². The minimum Gasteiger partial charge on any atom is -0.356 e. The highest BCUT2D eigenvalue weighted by molar-refractivity contribution is 7.15. The van der Waals surface area contributed by atoms with E-state index in [1.807, 2.05) is 36.6 Å². The third kappa shape index (κ3) is 4.33. The van der Waals surface area contributed by atoms with Crippen LogP contribution >= 0.6 is 22.9 Å². The maximum atomic E-state index is 13.5. The molecule has 166 valence electrons. The zero-order chi connectivity index (χ0) is 22.8. The second-order valence-corrected chi connectivity index (χ2v) is 8.94. The van der Waals surface area contributed by atoms with Gasteiger partial charge < -0.3 is 5.32 Å². The molecule has 3 heterocycles. The first kappa shape index (κ1) is 22.2. The van der Waals surface area contributed by atoms with E-state index < -0.39 is 0 Å². The largest absolute Gasteiger partial charge is 0.356 e. The van der Waals surface area contributed by atoms with Crippen molar-refractivity contribution in [1.82, 2.24) is 24.5 Å². The summed E-state index contributed by atoms with van der Waals surface area (Å²) >= 11 is 7.49. The zero-order valence-corrected chi connectivity index (χ0v) is 19.8. The summed E-state index contributed by atoms with van der Waals surface area (Å²) in [5.41, 5.74) is 3.66. The number of hydrogen-bond donors (Lipinski definition) is 1. The molecule has 4 rings (SSSR count). The minimum absolute atomic E-state index is 0.103. The summed E-state index contributed by atoms with van der Waals surface area (Å²) in [7, 11) is 0. The molecule has 32 heavy (non-hydrogen) atoms. The van der Waals surface area contributed by atoms with Crippen LogP contribution in [-0.4, -0.2) is 31.6 Å². The average molecular weight is 470 g/mol. The molecule has 0 spiro atoms. The molecule has 7 nitrogen and oxygen atoms in total. The van der Waals surface area contributed by atoms with Gasteiger partial charge in [0, 0.05) is 28.3 Å². The van der Waals surface area contributed by atoms with Crippen molar-refractivity contribution in [2.24, 2.45) is 0 Å². The van der Waals surface area contributed by atoms with E-state index in [-0.39, 0.29) is 17.9 Å². The molecule has 1 aromatic carbocycles. The Hall–Kier alpha value is -2.97. The molecular formula is C23H24ClN5O2S. The summed E-state index contributed by atoms with van der Waals surface area (Å²) in [4.78, 5) is 31.0. The Morgan fingerprint density at radius 1 is 1.25 bits per heavy atom. The van der Waals surface area contributed by atoms with Gasteiger partial charge in [-0.25, -0.2) is 9.67 Å². The summed E-state index contributed by atoms with van der Waals surface area (Å²) in [6.07, 6.45) is 2.06. The lowest BCUT2D eigenvalue weighted by Gasteiger charge is -2.07. The number of carbonyl (C=O) groups is 1. The molecule has 9 heteroatoms. The lowest BCUT2D eigenvalue weighted by atomic mass is 10.1. The lowest BCUT2D eigenvalue weighted by molar-refractivity contribution is -0.120. The predicted molar refractivity (Wildman–Crippen MR) is 128 cm³/mol. The smallest absolute Gasteiger partial charge is 0.268 e. The first-order valence-electron chi connectivity index (χ1n) is 10.5. The first-order valence-corrected chi connectivity index (χ1v) is 11.7. The third-order valence-electron chi connectivity index (χ3n) is 5.21. The normalized spacial score (nSPS) is 11.2. The second-order valence-electron chi connectivity index (χ2n) is 7.67. The molecule has 0 bridgehead atoms. The number of rotatable bonds is 7. The van der Waals surface area contributed by atoms with Gasteiger partial charge in [0.15, 0.2) is 4.96 Å². The van der Waals surface area contributed by atoms with Crippen molar-refractivity contribution in [3.63, 3.8) is 0 Å². The van der Waals surface area contributed by atoms with E-state index in [4.69, 9.17) is 11.6 Å². The number of hydrogen-bond acceptors (Lipinski definition) is 5. The number of benzene rings is 1. The molecule has 0 radical (unpaired) electrons. The van der Waals surface area contributed by atoms with Gasteiger partial charge in [0.05, 0.1) is 23.4 Å². The SMILES string of the molecule is CCCCNC(=O)Cc1csc2nc(C)c(-c3cc(C)n(-c4cccc(Cl)c4)n3)c(=O)n12. The van der Waals surface area contributed by atoms with Crippen LogP contribution in [0, 0.1) is 13.8 Å². The Balaban J connectivity index is 1.75. The molecule has 3 aromatic heterocycles. The molecule has 0 saturated carbocycles. The third-order valence-corrected chi connectivity index (χ3v) is 6.32. The highest BCUT2D eigenvalue weighted by Gasteiger charge is 2.20. The van der Waals surface area contributed by atoms with Crippen LogP contribution < -0.4 is 10.9 Å². The van der Waals surface area contributed by atoms with Crippen molar-refractivity contribution in [1.29, 1.82) is 0 Å². The number of amides is 1. The van der Waals surface area contributed by atoms with Crippen molar-refractivity contribution in [3.05, 3.63) is 68.2 Å². The summed E-state index contributed by atoms with van der Waals surface area (Å²) in [6, 6.07) is 9.25. The summed E-state index contributed by atoms with van der Waals surface area (Å²) in [5, 5.41) is 10.0. The number of nitrogens with zero attached hydrogens (tertiary/aromatic N) is 4. The molecule has 0 aliphatic carbocycles. The topological polar surface area (TPSA) is 81.3 Å². The fourth-order valence-electron chi connectivity index (χ4n) is 3.62. The Morgan fingerprint density at radius 2 is 2.06 bits per heavy atom. The van der Waals surface area contributed by atoms with Crippen LogP contribution in [0.2, 0.25) is 5.02 Å². The van der Waals surface area contributed by atoms with Crippen LogP contribution in [0.5, 0.6) is 0 Å². The molecule has 4 aromatic rings. The van der Waals surface area contributed by atoms with Gasteiger partial charge >= 0.3 is 0 Å². The van der Waals surface area contributed by atoms with Crippen LogP contribution in [0.3, 0.4) is 0 Å². The number of aromatic nitrogens is 4. The number of thiazole rings is 1. The molecule has 1 N–H and O–H groups in total. The summed E-state index contributed by atoms with van der Waals surface area (Å²) in [5.74, 6) is -0.103. The minimum atomic E-state index is -0.221. The highest BCUT2D eigenvalue weighted by Crippen LogP contribution is 2.24. The predicted octanol–water partition coefficient (Wildman–Crippen LogP) is 4.34. The number of halogens is 1. The fraction of sp³-hybridized carbons (Fsp3) is 0.304. The fourth-order valence-corrected chi connectivity index (χ4v) is 4.73. The molecule has 0 aliphatic heterocycles. The van der Waals surface area contributed by atoms with Crippen molar-refractivity contribution in [2.75, 3.05) is 6.54 Å². The molecular weight excluding hydrogens is 446 g/mol. The number of nitrogens with one attached hydrogen (secondary N) is 1. The van der Waals surface area contributed by atoms with Gasteiger partial charge in [0.2, 0.25) is 5.91 Å². The van der Waals surface area contributed by atoms with Crippen LogP contribution in [0.4, 0.5) is 0 Å². The van der Waals surface area contributed by atoms with Crippen molar-refractivity contribution < 1.29 is 4.79 Å². The molecule has 0 fully saturated rings. The van der Waals surface area contributed by atoms with Crippen molar-refractivity contribution in [3.8, 4) is 16.9 Å². The van der Waals surface area contributed by atoms with Gasteiger partial charge in [-0.1, -0.05) is 31.0 Å². The maximum absolute atomic E-state index is 13.5. The van der Waals surface area contributed by atoms with E-state index in [2.05, 4.69) is 22.3 Å². The van der Waals surface area contributed by atoms with Gasteiger partial charge in [-0.3, -0.25) is 14.0 Å². The van der Waals surface area contributed by atoms with Gasteiger partial charge in [-0.05, 0) is 44.5 Å². The van der Waals surface area contributed by atoms with Crippen LogP contribution in [0.25, 0.3) is 21.9 Å². The van der Waals surface area contributed by atoms with E-state index in [0.29, 0.717) is 39.2 Å². The number of unbranched alkanes of at least 4 members (excludes halogenated alkanes) is 1. The zero-order valence-electron chi connectivity index (χ0n) is 18.2. The Labute approximate surface area is 194 Å². The molecule has 0 saturated heterocycles. The van der Waals surface area contributed by atoms with E-state index in [1.165, 1.54) is 15.7 Å². The quantitative estimate of drug-likeness (QED) is 0.408. The Kier molecular flexibility index (Phi) is 6.43. The van der Waals surface area contributed by atoms with Crippen LogP contribution in [0.1, 0.15) is 36.8 Å². The van der Waals surface area contributed by atoms with E-state index >= 15 is 0 Å². The average Bonchev–Trinajstić information content (AvgIpc) is 3.31. The highest BCUT2D eigenvalue weighted by atomic mass is 35.5. The second kappa shape index (κ2) is 9.26. The van der Waals surface area contributed by atoms with E-state index in [0.717, 1.165) is 24.2 Å². The monoisotopic (exact) mass is 469 g/mol. The Bertz CT molecular complexity index is 1350. The lowest BCUT2D eigenvalue weighted by Crippen LogP contribution is -2.28. The summed E-state index contributed by atoms with van der Waals surface area (Å²) < 4.78 is 3.28.